The van der Waals surface area contributed by atoms with E-state index in [1.807, 2.05) is 6.07 Å². The zero-order chi connectivity index (χ0) is 11.4. The van der Waals surface area contributed by atoms with Gasteiger partial charge in [-0.2, -0.15) is 0 Å². The summed E-state index contributed by atoms with van der Waals surface area (Å²) in [5.41, 5.74) is 5.70. The average molecular weight is 220 g/mol. The highest BCUT2D eigenvalue weighted by Gasteiger charge is 2.14. The largest absolute Gasteiger partial charge is 0.490 e. The number of benzene rings is 1. The molecule has 0 aromatic heterocycles. The topological polar surface area (TPSA) is 64.4 Å². The minimum absolute atomic E-state index is 0.240. The zero-order valence-electron chi connectivity index (χ0n) is 9.11. The normalized spacial score (nSPS) is 17.0. The third-order valence-electron chi connectivity index (χ3n) is 2.71. The lowest BCUT2D eigenvalue weighted by atomic mass is 10.1. The summed E-state index contributed by atoms with van der Waals surface area (Å²) in [6.07, 6.45) is 2.24. The Labute approximate surface area is 94.8 Å². The number of nitrogens with one attached hydrogen (secondary N) is 1. The van der Waals surface area contributed by atoms with E-state index in [1.165, 1.54) is 0 Å². The van der Waals surface area contributed by atoms with Crippen LogP contribution in [0.2, 0.25) is 0 Å². The molecule has 0 atom stereocenters. The lowest BCUT2D eigenvalue weighted by Gasteiger charge is -2.23. The molecular formula is C12H16N2O2. The highest BCUT2D eigenvalue weighted by atomic mass is 16.5. The van der Waals surface area contributed by atoms with Crippen LogP contribution in [0.3, 0.4) is 0 Å². The molecule has 0 saturated carbocycles. The molecule has 0 spiro atoms. The summed E-state index contributed by atoms with van der Waals surface area (Å²) in [4.78, 5) is 11.0. The number of nitrogens with two attached hydrogens (primary N) is 1. The maximum atomic E-state index is 11.0. The molecule has 1 heterocycles. The summed E-state index contributed by atoms with van der Waals surface area (Å²) < 4.78 is 5.80. The summed E-state index contributed by atoms with van der Waals surface area (Å²) in [5, 5.41) is 3.28. The minimum Gasteiger partial charge on any atom is -0.490 e. The van der Waals surface area contributed by atoms with Gasteiger partial charge in [0.05, 0.1) is 0 Å². The van der Waals surface area contributed by atoms with E-state index in [1.54, 1.807) is 18.2 Å². The molecule has 3 N–H and O–H groups in total. The van der Waals surface area contributed by atoms with Gasteiger partial charge in [-0.05, 0) is 44.1 Å². The van der Waals surface area contributed by atoms with E-state index in [9.17, 15) is 4.79 Å². The maximum Gasteiger partial charge on any atom is 0.248 e. The van der Waals surface area contributed by atoms with Crippen LogP contribution < -0.4 is 15.8 Å². The summed E-state index contributed by atoms with van der Waals surface area (Å²) in [5.74, 6) is 0.305. The first-order chi connectivity index (χ1) is 7.75. The van der Waals surface area contributed by atoms with Gasteiger partial charge in [0.2, 0.25) is 5.91 Å². The lowest BCUT2D eigenvalue weighted by Crippen LogP contribution is -2.34. The molecule has 16 heavy (non-hydrogen) atoms. The standard InChI is InChI=1S/C12H16N2O2/c13-12(15)9-2-1-3-11(8-9)16-10-4-6-14-7-5-10/h1-3,8,10,14H,4-7H2,(H2,13,15). The molecule has 1 saturated heterocycles. The number of rotatable bonds is 3. The first-order valence-corrected chi connectivity index (χ1v) is 5.53. The van der Waals surface area contributed by atoms with E-state index in [0.717, 1.165) is 31.7 Å². The molecule has 0 aliphatic carbocycles. The fourth-order valence-corrected chi connectivity index (χ4v) is 1.83. The molecule has 2 rings (SSSR count). The molecular weight excluding hydrogens is 204 g/mol. The Morgan fingerprint density at radius 1 is 1.38 bits per heavy atom. The van der Waals surface area contributed by atoms with E-state index < -0.39 is 5.91 Å². The molecule has 1 aromatic carbocycles. The summed E-state index contributed by atoms with van der Waals surface area (Å²) >= 11 is 0. The second-order valence-electron chi connectivity index (χ2n) is 3.96. The fraction of sp³-hybridized carbons (Fsp3) is 0.417. The SMILES string of the molecule is NC(=O)c1cccc(OC2CCNCC2)c1. The Bertz CT molecular complexity index is 373. The third kappa shape index (κ3) is 2.73. The number of primary amides is 1. The Morgan fingerprint density at radius 3 is 2.81 bits per heavy atom. The van der Waals surface area contributed by atoms with Gasteiger partial charge in [0.1, 0.15) is 11.9 Å². The smallest absolute Gasteiger partial charge is 0.248 e. The number of amides is 1. The minimum atomic E-state index is -0.421. The van der Waals surface area contributed by atoms with Crippen LogP contribution in [0, 0.1) is 0 Å². The molecule has 4 heteroatoms. The van der Waals surface area contributed by atoms with Gasteiger partial charge >= 0.3 is 0 Å². The van der Waals surface area contributed by atoms with Crippen molar-refractivity contribution in [2.75, 3.05) is 13.1 Å². The van der Waals surface area contributed by atoms with E-state index >= 15 is 0 Å². The lowest BCUT2D eigenvalue weighted by molar-refractivity contribution is 0.0999. The van der Waals surface area contributed by atoms with Crippen LogP contribution in [0.4, 0.5) is 0 Å². The molecule has 1 fully saturated rings. The van der Waals surface area contributed by atoms with Crippen molar-refractivity contribution in [1.82, 2.24) is 5.32 Å². The maximum absolute atomic E-state index is 11.0. The van der Waals surface area contributed by atoms with Gasteiger partial charge in [0.25, 0.3) is 0 Å². The Kier molecular flexibility index (Phi) is 3.41. The number of carbonyl (C=O) groups excluding carboxylic acids is 1. The van der Waals surface area contributed by atoms with Crippen LogP contribution >= 0.6 is 0 Å². The molecule has 1 aliphatic rings. The van der Waals surface area contributed by atoms with E-state index in [0.29, 0.717) is 5.56 Å². The molecule has 86 valence electrons. The van der Waals surface area contributed by atoms with Crippen molar-refractivity contribution in [3.8, 4) is 5.75 Å². The molecule has 0 unspecified atom stereocenters. The first-order valence-electron chi connectivity index (χ1n) is 5.53. The molecule has 1 aliphatic heterocycles. The number of piperidine rings is 1. The van der Waals surface area contributed by atoms with Crippen molar-refractivity contribution in [2.45, 2.75) is 18.9 Å². The highest BCUT2D eigenvalue weighted by molar-refractivity contribution is 5.93. The van der Waals surface area contributed by atoms with Gasteiger partial charge < -0.3 is 15.8 Å². The average Bonchev–Trinajstić information content (AvgIpc) is 2.30. The predicted octanol–water partition coefficient (Wildman–Crippen LogP) is 0.916. The molecule has 1 aromatic rings. The van der Waals surface area contributed by atoms with Gasteiger partial charge in [0.15, 0.2) is 0 Å². The van der Waals surface area contributed by atoms with Crippen LogP contribution in [0.5, 0.6) is 5.75 Å². The number of ether oxygens (including phenoxy) is 1. The molecule has 0 bridgehead atoms. The molecule has 1 amide bonds. The van der Waals surface area contributed by atoms with Crippen molar-refractivity contribution in [1.29, 1.82) is 0 Å². The van der Waals surface area contributed by atoms with Crippen LogP contribution in [-0.2, 0) is 0 Å². The van der Waals surface area contributed by atoms with Gasteiger partial charge in [-0.15, -0.1) is 0 Å². The number of hydrogen-bond acceptors (Lipinski definition) is 3. The van der Waals surface area contributed by atoms with Crippen LogP contribution in [0.15, 0.2) is 24.3 Å². The van der Waals surface area contributed by atoms with Crippen molar-refractivity contribution >= 4 is 5.91 Å². The van der Waals surface area contributed by atoms with Gasteiger partial charge in [0, 0.05) is 5.56 Å². The second kappa shape index (κ2) is 4.99. The van der Waals surface area contributed by atoms with Crippen molar-refractivity contribution in [3.63, 3.8) is 0 Å². The summed E-state index contributed by atoms with van der Waals surface area (Å²) in [6, 6.07) is 7.03. The van der Waals surface area contributed by atoms with E-state index in [2.05, 4.69) is 5.32 Å². The van der Waals surface area contributed by atoms with Crippen molar-refractivity contribution in [3.05, 3.63) is 29.8 Å². The van der Waals surface area contributed by atoms with Crippen molar-refractivity contribution < 1.29 is 9.53 Å². The van der Waals surface area contributed by atoms with Gasteiger partial charge in [-0.25, -0.2) is 0 Å². The van der Waals surface area contributed by atoms with E-state index in [4.69, 9.17) is 10.5 Å². The molecule has 0 radical (unpaired) electrons. The Balaban J connectivity index is 2.02. The number of hydrogen-bond donors (Lipinski definition) is 2. The van der Waals surface area contributed by atoms with Gasteiger partial charge in [-0.1, -0.05) is 6.07 Å². The molecule has 4 nitrogen and oxygen atoms in total. The van der Waals surface area contributed by atoms with Crippen LogP contribution in [0.25, 0.3) is 0 Å². The summed E-state index contributed by atoms with van der Waals surface area (Å²) in [7, 11) is 0. The van der Waals surface area contributed by atoms with E-state index in [-0.39, 0.29) is 6.10 Å². The third-order valence-corrected chi connectivity index (χ3v) is 2.71. The quantitative estimate of drug-likeness (QED) is 0.796. The van der Waals surface area contributed by atoms with Crippen LogP contribution in [0.1, 0.15) is 23.2 Å². The Morgan fingerprint density at radius 2 is 2.12 bits per heavy atom. The zero-order valence-corrected chi connectivity index (χ0v) is 9.11. The highest BCUT2D eigenvalue weighted by Crippen LogP contribution is 2.17. The Hall–Kier alpha value is -1.55. The number of carbonyl (C=O) groups is 1. The second-order valence-corrected chi connectivity index (χ2v) is 3.96. The predicted molar refractivity (Wildman–Crippen MR) is 61.5 cm³/mol. The van der Waals surface area contributed by atoms with Gasteiger partial charge in [-0.3, -0.25) is 4.79 Å². The monoisotopic (exact) mass is 220 g/mol. The van der Waals surface area contributed by atoms with Crippen LogP contribution in [-0.4, -0.2) is 25.1 Å². The van der Waals surface area contributed by atoms with Crippen molar-refractivity contribution in [2.24, 2.45) is 5.73 Å². The fourth-order valence-electron chi connectivity index (χ4n) is 1.83. The first kappa shape index (κ1) is 11.0. The summed E-state index contributed by atoms with van der Waals surface area (Å²) in [6.45, 7) is 1.97.